The lowest BCUT2D eigenvalue weighted by atomic mass is 10.1. The monoisotopic (exact) mass is 355 g/mol. The van der Waals surface area contributed by atoms with E-state index in [4.69, 9.17) is 0 Å². The van der Waals surface area contributed by atoms with Gasteiger partial charge in [-0.25, -0.2) is 9.97 Å². The van der Waals surface area contributed by atoms with E-state index in [0.717, 1.165) is 36.6 Å². The number of pyridine rings is 1. The smallest absolute Gasteiger partial charge is 0.251 e. The summed E-state index contributed by atoms with van der Waals surface area (Å²) in [6.07, 6.45) is 5.02. The van der Waals surface area contributed by atoms with Gasteiger partial charge in [0.2, 0.25) is 0 Å². The lowest BCUT2D eigenvalue weighted by Crippen LogP contribution is -2.37. The number of aromatic nitrogens is 3. The second kappa shape index (κ2) is 8.45. The Balaban J connectivity index is 1.63. The molecule has 0 saturated carbocycles. The van der Waals surface area contributed by atoms with Gasteiger partial charge in [0.25, 0.3) is 5.56 Å². The standard InChI is InChI=1S/C20H29N5O/c1-4-16-10-19(26)24-20(23-16)15-7-8-18(21-11-15)22-12-17-6-5-9-25(17)13-14(2)3/h7-8,10-11,14,17H,4-6,9,12-13H2,1-3H3,(H,21,22)(H,23,24,26)/t17-/m1/s1. The molecule has 3 heterocycles. The molecule has 0 radical (unpaired) electrons. The molecule has 0 unspecified atom stereocenters. The molecule has 0 aliphatic carbocycles. The Morgan fingerprint density at radius 3 is 2.92 bits per heavy atom. The summed E-state index contributed by atoms with van der Waals surface area (Å²) in [6, 6.07) is 6.03. The van der Waals surface area contributed by atoms with Crippen molar-refractivity contribution in [2.45, 2.75) is 46.1 Å². The van der Waals surface area contributed by atoms with Crippen LogP contribution in [0.2, 0.25) is 0 Å². The lowest BCUT2D eigenvalue weighted by molar-refractivity contribution is 0.234. The van der Waals surface area contributed by atoms with Crippen molar-refractivity contribution in [3.05, 3.63) is 40.4 Å². The molecule has 0 amide bonds. The van der Waals surface area contributed by atoms with E-state index < -0.39 is 0 Å². The number of hydrogen-bond acceptors (Lipinski definition) is 5. The molecule has 0 spiro atoms. The SMILES string of the molecule is CCc1cc(=O)[nH]c(-c2ccc(NC[C@H]3CCCN3CC(C)C)nc2)n1. The van der Waals surface area contributed by atoms with E-state index in [2.05, 4.69) is 39.0 Å². The van der Waals surface area contributed by atoms with Crippen molar-refractivity contribution in [2.24, 2.45) is 5.92 Å². The van der Waals surface area contributed by atoms with Gasteiger partial charge in [0.15, 0.2) is 0 Å². The molecule has 2 N–H and O–H groups in total. The predicted octanol–water partition coefficient (Wildman–Crippen LogP) is 2.93. The molecule has 1 aliphatic rings. The highest BCUT2D eigenvalue weighted by Crippen LogP contribution is 2.20. The fraction of sp³-hybridized carbons (Fsp3) is 0.550. The highest BCUT2D eigenvalue weighted by molar-refractivity contribution is 5.55. The fourth-order valence-electron chi connectivity index (χ4n) is 3.52. The van der Waals surface area contributed by atoms with E-state index in [1.807, 2.05) is 19.1 Å². The number of aryl methyl sites for hydroxylation is 1. The van der Waals surface area contributed by atoms with E-state index in [9.17, 15) is 4.79 Å². The third kappa shape index (κ3) is 4.69. The Morgan fingerprint density at radius 1 is 1.38 bits per heavy atom. The molecule has 140 valence electrons. The molecule has 26 heavy (non-hydrogen) atoms. The second-order valence-corrected chi connectivity index (χ2v) is 7.44. The zero-order chi connectivity index (χ0) is 18.5. The van der Waals surface area contributed by atoms with Gasteiger partial charge in [-0.05, 0) is 43.9 Å². The largest absolute Gasteiger partial charge is 0.369 e. The number of H-pyrrole nitrogens is 1. The number of aromatic amines is 1. The Hall–Kier alpha value is -2.21. The number of nitrogens with one attached hydrogen (secondary N) is 2. The van der Waals surface area contributed by atoms with Crippen molar-refractivity contribution in [3.8, 4) is 11.4 Å². The van der Waals surface area contributed by atoms with Gasteiger partial charge in [-0.15, -0.1) is 0 Å². The molecule has 6 nitrogen and oxygen atoms in total. The van der Waals surface area contributed by atoms with Gasteiger partial charge in [-0.3, -0.25) is 9.69 Å². The summed E-state index contributed by atoms with van der Waals surface area (Å²) in [5.41, 5.74) is 1.49. The molecular weight excluding hydrogens is 326 g/mol. The minimum atomic E-state index is -0.125. The maximum absolute atomic E-state index is 11.7. The Bertz CT molecular complexity index is 769. The van der Waals surface area contributed by atoms with E-state index in [-0.39, 0.29) is 5.56 Å². The first kappa shape index (κ1) is 18.6. The first-order valence-electron chi connectivity index (χ1n) is 9.59. The minimum Gasteiger partial charge on any atom is -0.369 e. The maximum atomic E-state index is 11.7. The Kier molecular flexibility index (Phi) is 6.04. The number of rotatable bonds is 7. The van der Waals surface area contributed by atoms with Crippen LogP contribution >= 0.6 is 0 Å². The normalized spacial score (nSPS) is 17.8. The van der Waals surface area contributed by atoms with Gasteiger partial charge in [0, 0.05) is 42.7 Å². The second-order valence-electron chi connectivity index (χ2n) is 7.44. The van der Waals surface area contributed by atoms with Crippen LogP contribution in [-0.2, 0) is 6.42 Å². The highest BCUT2D eigenvalue weighted by atomic mass is 16.1. The molecular formula is C20H29N5O. The Morgan fingerprint density at radius 2 is 2.23 bits per heavy atom. The lowest BCUT2D eigenvalue weighted by Gasteiger charge is -2.26. The van der Waals surface area contributed by atoms with Crippen LogP contribution in [0.25, 0.3) is 11.4 Å². The summed E-state index contributed by atoms with van der Waals surface area (Å²) in [5, 5.41) is 3.46. The molecule has 1 atom stereocenters. The van der Waals surface area contributed by atoms with Crippen LogP contribution in [0.5, 0.6) is 0 Å². The zero-order valence-corrected chi connectivity index (χ0v) is 16.0. The maximum Gasteiger partial charge on any atom is 0.251 e. The van der Waals surface area contributed by atoms with Crippen molar-refractivity contribution < 1.29 is 0 Å². The topological polar surface area (TPSA) is 73.9 Å². The van der Waals surface area contributed by atoms with Crippen molar-refractivity contribution in [1.82, 2.24) is 19.9 Å². The van der Waals surface area contributed by atoms with Crippen molar-refractivity contribution >= 4 is 5.82 Å². The van der Waals surface area contributed by atoms with Gasteiger partial charge in [-0.2, -0.15) is 0 Å². The average molecular weight is 355 g/mol. The van der Waals surface area contributed by atoms with Gasteiger partial charge in [0.05, 0.1) is 0 Å². The molecule has 2 aromatic rings. The van der Waals surface area contributed by atoms with E-state index in [1.165, 1.54) is 25.5 Å². The van der Waals surface area contributed by atoms with E-state index in [1.54, 1.807) is 6.20 Å². The van der Waals surface area contributed by atoms with Gasteiger partial charge < -0.3 is 10.3 Å². The summed E-state index contributed by atoms with van der Waals surface area (Å²) >= 11 is 0. The van der Waals surface area contributed by atoms with Gasteiger partial charge in [0.1, 0.15) is 11.6 Å². The van der Waals surface area contributed by atoms with Crippen molar-refractivity contribution in [3.63, 3.8) is 0 Å². The van der Waals surface area contributed by atoms with Crippen LogP contribution in [0, 0.1) is 5.92 Å². The molecule has 1 saturated heterocycles. The molecule has 3 rings (SSSR count). The quantitative estimate of drug-likeness (QED) is 0.799. The molecule has 0 bridgehead atoms. The number of anilines is 1. The van der Waals surface area contributed by atoms with Crippen LogP contribution in [0.4, 0.5) is 5.82 Å². The summed E-state index contributed by atoms with van der Waals surface area (Å²) in [5.74, 6) is 2.13. The van der Waals surface area contributed by atoms with E-state index in [0.29, 0.717) is 17.8 Å². The molecule has 1 aliphatic heterocycles. The summed E-state index contributed by atoms with van der Waals surface area (Å²) in [4.78, 5) is 26.1. The van der Waals surface area contributed by atoms with Crippen molar-refractivity contribution in [1.29, 1.82) is 0 Å². The van der Waals surface area contributed by atoms with Crippen LogP contribution < -0.4 is 10.9 Å². The van der Waals surface area contributed by atoms with Crippen molar-refractivity contribution in [2.75, 3.05) is 25.0 Å². The number of nitrogens with zero attached hydrogens (tertiary/aromatic N) is 3. The molecule has 6 heteroatoms. The minimum absolute atomic E-state index is 0.125. The third-order valence-electron chi connectivity index (χ3n) is 4.81. The highest BCUT2D eigenvalue weighted by Gasteiger charge is 2.24. The van der Waals surface area contributed by atoms with E-state index >= 15 is 0 Å². The zero-order valence-electron chi connectivity index (χ0n) is 16.0. The average Bonchev–Trinajstić information content (AvgIpc) is 3.06. The van der Waals surface area contributed by atoms with Gasteiger partial charge in [-0.1, -0.05) is 20.8 Å². The number of likely N-dealkylation sites (tertiary alicyclic amines) is 1. The summed E-state index contributed by atoms with van der Waals surface area (Å²) in [7, 11) is 0. The third-order valence-corrected chi connectivity index (χ3v) is 4.81. The van der Waals surface area contributed by atoms with Crippen LogP contribution in [-0.4, -0.2) is 45.5 Å². The van der Waals surface area contributed by atoms with Crippen LogP contribution in [0.3, 0.4) is 0 Å². The fourth-order valence-corrected chi connectivity index (χ4v) is 3.52. The van der Waals surface area contributed by atoms with Crippen LogP contribution in [0.1, 0.15) is 39.3 Å². The molecule has 1 fully saturated rings. The molecule has 0 aromatic carbocycles. The summed E-state index contributed by atoms with van der Waals surface area (Å²) < 4.78 is 0. The first-order chi connectivity index (χ1) is 12.5. The van der Waals surface area contributed by atoms with Gasteiger partial charge >= 0.3 is 0 Å². The first-order valence-corrected chi connectivity index (χ1v) is 9.59. The predicted molar refractivity (Wildman–Crippen MR) is 105 cm³/mol. The molecule has 2 aromatic heterocycles. The van der Waals surface area contributed by atoms with Crippen LogP contribution in [0.15, 0.2) is 29.2 Å². The number of hydrogen-bond donors (Lipinski definition) is 2. The Labute approximate surface area is 155 Å². The summed E-state index contributed by atoms with van der Waals surface area (Å²) in [6.45, 7) is 9.81.